The van der Waals surface area contributed by atoms with Crippen molar-refractivity contribution in [1.29, 1.82) is 0 Å². The summed E-state index contributed by atoms with van der Waals surface area (Å²) < 4.78 is 0. The van der Waals surface area contributed by atoms with Gasteiger partial charge >= 0.3 is 0 Å². The molecule has 1 heteroatoms. The largest absolute Gasteiger partial charge is 0.327 e. The second kappa shape index (κ2) is 5.53. The molecular weight excluding hydrogens is 194 g/mol. The Kier molecular flexibility index (Phi) is 4.29. The van der Waals surface area contributed by atoms with Gasteiger partial charge in [0.15, 0.2) is 0 Å². The molecule has 4 unspecified atom stereocenters. The molecule has 0 radical (unpaired) electrons. The highest BCUT2D eigenvalue weighted by molar-refractivity contribution is 4.98. The van der Waals surface area contributed by atoms with Crippen molar-refractivity contribution in [2.45, 2.75) is 71.3 Å². The van der Waals surface area contributed by atoms with Crippen molar-refractivity contribution in [3.8, 4) is 0 Å². The van der Waals surface area contributed by atoms with E-state index in [-0.39, 0.29) is 0 Å². The Bertz CT molecular complexity index is 203. The Hall–Kier alpha value is -0.0400. The third-order valence-electron chi connectivity index (χ3n) is 5.03. The summed E-state index contributed by atoms with van der Waals surface area (Å²) in [5, 5.41) is 0. The molecule has 2 N–H and O–H groups in total. The number of hydrogen-bond donors (Lipinski definition) is 1. The molecule has 0 bridgehead atoms. The minimum absolute atomic E-state index is 0.509. The van der Waals surface area contributed by atoms with Gasteiger partial charge in [-0.25, -0.2) is 0 Å². The molecule has 0 aromatic carbocycles. The predicted octanol–water partition coefficient (Wildman–Crippen LogP) is 3.97. The third kappa shape index (κ3) is 3.00. The summed E-state index contributed by atoms with van der Waals surface area (Å²) in [6, 6.07) is 0.509. The van der Waals surface area contributed by atoms with Crippen LogP contribution in [-0.2, 0) is 0 Å². The monoisotopic (exact) mass is 223 g/mol. The van der Waals surface area contributed by atoms with Crippen molar-refractivity contribution in [1.82, 2.24) is 0 Å². The van der Waals surface area contributed by atoms with Crippen LogP contribution in [0.15, 0.2) is 0 Å². The number of fused-ring (bicyclic) bond motifs is 1. The van der Waals surface area contributed by atoms with Crippen LogP contribution in [0.4, 0.5) is 0 Å². The smallest absolute Gasteiger partial charge is 0.00700 e. The summed E-state index contributed by atoms with van der Waals surface area (Å²) in [6.07, 6.45) is 11.2. The van der Waals surface area contributed by atoms with E-state index in [1.54, 1.807) is 0 Å². The number of nitrogens with two attached hydrogens (primary N) is 1. The van der Waals surface area contributed by atoms with E-state index in [4.69, 9.17) is 5.73 Å². The van der Waals surface area contributed by atoms with Gasteiger partial charge in [0.25, 0.3) is 0 Å². The van der Waals surface area contributed by atoms with E-state index in [1.165, 1.54) is 51.4 Å². The summed E-state index contributed by atoms with van der Waals surface area (Å²) in [7, 11) is 0. The third-order valence-corrected chi connectivity index (χ3v) is 5.03. The summed E-state index contributed by atoms with van der Waals surface area (Å²) >= 11 is 0. The quantitative estimate of drug-likeness (QED) is 0.694. The van der Waals surface area contributed by atoms with Crippen molar-refractivity contribution < 1.29 is 0 Å². The van der Waals surface area contributed by atoms with Gasteiger partial charge in [0.2, 0.25) is 0 Å². The van der Waals surface area contributed by atoms with Gasteiger partial charge in [-0.2, -0.15) is 0 Å². The fourth-order valence-electron chi connectivity index (χ4n) is 3.67. The first-order chi connectivity index (χ1) is 7.74. The first-order valence-corrected chi connectivity index (χ1v) is 7.50. The average Bonchev–Trinajstić information content (AvgIpc) is 2.91. The van der Waals surface area contributed by atoms with Gasteiger partial charge in [0, 0.05) is 6.04 Å². The van der Waals surface area contributed by atoms with Crippen LogP contribution in [-0.4, -0.2) is 6.04 Å². The zero-order chi connectivity index (χ0) is 11.5. The maximum Gasteiger partial charge on any atom is 0.00700 e. The van der Waals surface area contributed by atoms with E-state index >= 15 is 0 Å². The van der Waals surface area contributed by atoms with E-state index in [1.807, 2.05) is 0 Å². The summed E-state index contributed by atoms with van der Waals surface area (Å²) in [4.78, 5) is 0. The molecule has 0 aromatic rings. The highest BCUT2D eigenvalue weighted by Gasteiger charge is 2.47. The second-order valence-electron chi connectivity index (χ2n) is 6.30. The van der Waals surface area contributed by atoms with Gasteiger partial charge in [0.1, 0.15) is 0 Å². The predicted molar refractivity (Wildman–Crippen MR) is 70.2 cm³/mol. The van der Waals surface area contributed by atoms with Crippen LogP contribution in [0.2, 0.25) is 0 Å². The van der Waals surface area contributed by atoms with E-state index in [2.05, 4.69) is 13.8 Å². The van der Waals surface area contributed by atoms with Crippen molar-refractivity contribution in [2.75, 3.05) is 0 Å². The molecule has 1 nitrogen and oxygen atoms in total. The van der Waals surface area contributed by atoms with E-state index in [0.717, 1.165) is 23.7 Å². The Labute approximate surface area is 101 Å². The van der Waals surface area contributed by atoms with Gasteiger partial charge in [-0.3, -0.25) is 0 Å². The Balaban J connectivity index is 1.69. The molecule has 0 spiro atoms. The standard InChI is InChI=1S/C15H29N/c1-3-5-6-11(4-2)7-15(16)14-9-12-8-13(12)10-14/h11-15H,3-10,16H2,1-2H3. The van der Waals surface area contributed by atoms with Crippen LogP contribution in [0, 0.1) is 23.7 Å². The maximum absolute atomic E-state index is 6.41. The fraction of sp³-hybridized carbons (Fsp3) is 1.00. The molecule has 94 valence electrons. The van der Waals surface area contributed by atoms with Gasteiger partial charge < -0.3 is 5.73 Å². The van der Waals surface area contributed by atoms with E-state index < -0.39 is 0 Å². The lowest BCUT2D eigenvalue weighted by atomic mass is 9.85. The minimum atomic E-state index is 0.509. The number of rotatable bonds is 7. The van der Waals surface area contributed by atoms with Gasteiger partial charge in [-0.1, -0.05) is 39.5 Å². The lowest BCUT2D eigenvalue weighted by Gasteiger charge is -2.25. The summed E-state index contributed by atoms with van der Waals surface area (Å²) in [5.41, 5.74) is 6.41. The second-order valence-corrected chi connectivity index (χ2v) is 6.30. The Morgan fingerprint density at radius 3 is 2.38 bits per heavy atom. The molecule has 0 saturated heterocycles. The molecule has 2 aliphatic carbocycles. The fourth-order valence-corrected chi connectivity index (χ4v) is 3.67. The van der Waals surface area contributed by atoms with Gasteiger partial charge in [-0.15, -0.1) is 0 Å². The molecule has 16 heavy (non-hydrogen) atoms. The lowest BCUT2D eigenvalue weighted by molar-refractivity contribution is 0.306. The van der Waals surface area contributed by atoms with Crippen molar-refractivity contribution in [3.63, 3.8) is 0 Å². The average molecular weight is 223 g/mol. The highest BCUT2D eigenvalue weighted by atomic mass is 14.7. The molecular formula is C15H29N. The summed E-state index contributed by atoms with van der Waals surface area (Å²) in [5.74, 6) is 3.95. The number of unbranched alkanes of at least 4 members (excludes halogenated alkanes) is 1. The van der Waals surface area contributed by atoms with Crippen molar-refractivity contribution >= 4 is 0 Å². The zero-order valence-corrected chi connectivity index (χ0v) is 11.1. The molecule has 0 heterocycles. The molecule has 2 aliphatic rings. The lowest BCUT2D eigenvalue weighted by Crippen LogP contribution is -2.31. The first kappa shape index (κ1) is 12.4. The zero-order valence-electron chi connectivity index (χ0n) is 11.1. The van der Waals surface area contributed by atoms with E-state index in [9.17, 15) is 0 Å². The van der Waals surface area contributed by atoms with Crippen LogP contribution in [0.5, 0.6) is 0 Å². The van der Waals surface area contributed by atoms with Crippen molar-refractivity contribution in [3.05, 3.63) is 0 Å². The van der Waals surface area contributed by atoms with Gasteiger partial charge in [-0.05, 0) is 49.4 Å². The van der Waals surface area contributed by atoms with Gasteiger partial charge in [0.05, 0.1) is 0 Å². The topological polar surface area (TPSA) is 26.0 Å². The summed E-state index contributed by atoms with van der Waals surface area (Å²) in [6.45, 7) is 4.62. The molecule has 0 amide bonds. The van der Waals surface area contributed by atoms with Crippen LogP contribution in [0.25, 0.3) is 0 Å². The van der Waals surface area contributed by atoms with Crippen LogP contribution < -0.4 is 5.73 Å². The highest BCUT2D eigenvalue weighted by Crippen LogP contribution is 2.55. The Morgan fingerprint density at radius 2 is 1.81 bits per heavy atom. The Morgan fingerprint density at radius 1 is 1.12 bits per heavy atom. The molecule has 2 fully saturated rings. The molecule has 0 aliphatic heterocycles. The van der Waals surface area contributed by atoms with Crippen LogP contribution >= 0.6 is 0 Å². The molecule has 2 rings (SSSR count). The maximum atomic E-state index is 6.41. The normalized spacial score (nSPS) is 35.8. The van der Waals surface area contributed by atoms with Crippen LogP contribution in [0.1, 0.15) is 65.2 Å². The van der Waals surface area contributed by atoms with E-state index in [0.29, 0.717) is 6.04 Å². The minimum Gasteiger partial charge on any atom is -0.327 e. The SMILES string of the molecule is CCCCC(CC)CC(N)C1CC2CC2C1. The molecule has 4 atom stereocenters. The molecule has 0 aromatic heterocycles. The molecule has 2 saturated carbocycles. The first-order valence-electron chi connectivity index (χ1n) is 7.50. The van der Waals surface area contributed by atoms with Crippen molar-refractivity contribution in [2.24, 2.45) is 29.4 Å². The number of hydrogen-bond acceptors (Lipinski definition) is 1. The van der Waals surface area contributed by atoms with Crippen LogP contribution in [0.3, 0.4) is 0 Å².